The predicted octanol–water partition coefficient (Wildman–Crippen LogP) is 1.11. The molecular weight excluding hydrogens is 284 g/mol. The molecule has 0 radical (unpaired) electrons. The van der Waals surface area contributed by atoms with Gasteiger partial charge in [0.05, 0.1) is 24.0 Å². The van der Waals surface area contributed by atoms with E-state index in [9.17, 15) is 4.79 Å². The van der Waals surface area contributed by atoms with Crippen LogP contribution in [0.1, 0.15) is 0 Å². The molecular formula is C11H13BrN4O. The molecule has 5 nitrogen and oxygen atoms in total. The number of rotatable bonds is 4. The number of likely N-dealkylation sites (N-methyl/N-ethyl adjacent to an activating group) is 1. The van der Waals surface area contributed by atoms with E-state index in [1.54, 1.807) is 18.0 Å². The number of hydrogen-bond donors (Lipinski definition) is 2. The number of halogens is 1. The third-order valence-electron chi connectivity index (χ3n) is 2.15. The normalized spacial score (nSPS) is 9.47. The highest BCUT2D eigenvalue weighted by Gasteiger charge is 2.09. The standard InChI is InChI=1S/C11H13BrN4O/c1-16(7-11(17)15-5-4-13)10-3-2-8(12)6-9(10)14/h2-3,6H,5,7,14H2,1H3,(H,15,17). The van der Waals surface area contributed by atoms with Gasteiger partial charge in [0, 0.05) is 11.5 Å². The van der Waals surface area contributed by atoms with Crippen LogP contribution in [0, 0.1) is 11.3 Å². The molecule has 1 aromatic rings. The lowest BCUT2D eigenvalue weighted by Gasteiger charge is -2.20. The molecule has 0 aliphatic heterocycles. The van der Waals surface area contributed by atoms with E-state index in [-0.39, 0.29) is 19.0 Å². The van der Waals surface area contributed by atoms with Crippen molar-refractivity contribution in [2.45, 2.75) is 0 Å². The third-order valence-corrected chi connectivity index (χ3v) is 2.64. The van der Waals surface area contributed by atoms with Crippen molar-refractivity contribution >= 4 is 33.2 Å². The molecule has 0 spiro atoms. The molecule has 0 saturated heterocycles. The van der Waals surface area contributed by atoms with Crippen LogP contribution in [0.4, 0.5) is 11.4 Å². The van der Waals surface area contributed by atoms with Crippen LogP contribution in [-0.4, -0.2) is 26.0 Å². The van der Waals surface area contributed by atoms with Crippen LogP contribution in [0.2, 0.25) is 0 Å². The number of carbonyl (C=O) groups is 1. The molecule has 90 valence electrons. The van der Waals surface area contributed by atoms with Gasteiger partial charge in [-0.05, 0) is 18.2 Å². The summed E-state index contributed by atoms with van der Waals surface area (Å²) in [6.07, 6.45) is 0. The maximum atomic E-state index is 11.4. The molecule has 1 aromatic carbocycles. The molecule has 3 N–H and O–H groups in total. The van der Waals surface area contributed by atoms with E-state index in [1.807, 2.05) is 18.2 Å². The first-order valence-corrected chi connectivity index (χ1v) is 5.73. The number of nitrogens with two attached hydrogens (primary N) is 1. The van der Waals surface area contributed by atoms with Crippen molar-refractivity contribution in [2.75, 3.05) is 30.8 Å². The number of nitriles is 1. The minimum absolute atomic E-state index is 0.0164. The van der Waals surface area contributed by atoms with Crippen LogP contribution in [-0.2, 0) is 4.79 Å². The van der Waals surface area contributed by atoms with Gasteiger partial charge in [-0.2, -0.15) is 5.26 Å². The first kappa shape index (κ1) is 13.3. The third kappa shape index (κ3) is 3.96. The molecule has 17 heavy (non-hydrogen) atoms. The molecule has 0 bridgehead atoms. The summed E-state index contributed by atoms with van der Waals surface area (Å²) < 4.78 is 0.890. The number of nitrogens with zero attached hydrogens (tertiary/aromatic N) is 2. The molecule has 0 saturated carbocycles. The second-order valence-electron chi connectivity index (χ2n) is 3.49. The fourth-order valence-corrected chi connectivity index (χ4v) is 1.75. The SMILES string of the molecule is CN(CC(=O)NCC#N)c1ccc(Br)cc1N. The van der Waals surface area contributed by atoms with Crippen molar-refractivity contribution in [1.82, 2.24) is 5.32 Å². The lowest BCUT2D eigenvalue weighted by Crippen LogP contribution is -2.35. The molecule has 0 aliphatic carbocycles. The zero-order chi connectivity index (χ0) is 12.8. The van der Waals surface area contributed by atoms with Gasteiger partial charge in [-0.15, -0.1) is 0 Å². The van der Waals surface area contributed by atoms with Crippen molar-refractivity contribution in [1.29, 1.82) is 5.26 Å². The van der Waals surface area contributed by atoms with Crippen molar-refractivity contribution < 1.29 is 4.79 Å². The molecule has 0 aromatic heterocycles. The van der Waals surface area contributed by atoms with E-state index in [4.69, 9.17) is 11.0 Å². The Kier molecular flexibility index (Phi) is 4.79. The topological polar surface area (TPSA) is 82.2 Å². The number of benzene rings is 1. The summed E-state index contributed by atoms with van der Waals surface area (Å²) >= 11 is 3.32. The van der Waals surface area contributed by atoms with Gasteiger partial charge in [0.1, 0.15) is 6.54 Å². The number of hydrogen-bond acceptors (Lipinski definition) is 4. The van der Waals surface area contributed by atoms with E-state index < -0.39 is 0 Å². The Morgan fingerprint density at radius 2 is 2.35 bits per heavy atom. The predicted molar refractivity (Wildman–Crippen MR) is 70.4 cm³/mol. The van der Waals surface area contributed by atoms with Crippen LogP contribution >= 0.6 is 15.9 Å². The summed E-state index contributed by atoms with van der Waals surface area (Å²) in [6.45, 7) is 0.177. The lowest BCUT2D eigenvalue weighted by molar-refractivity contribution is -0.119. The van der Waals surface area contributed by atoms with E-state index in [1.165, 1.54) is 0 Å². The van der Waals surface area contributed by atoms with Gasteiger partial charge in [-0.1, -0.05) is 15.9 Å². The van der Waals surface area contributed by atoms with Crippen LogP contribution < -0.4 is 16.0 Å². The van der Waals surface area contributed by atoms with Crippen molar-refractivity contribution in [3.8, 4) is 6.07 Å². The van der Waals surface area contributed by atoms with Gasteiger partial charge in [0.2, 0.25) is 5.91 Å². The Labute approximate surface area is 108 Å². The second-order valence-corrected chi connectivity index (χ2v) is 4.41. The van der Waals surface area contributed by atoms with Crippen LogP contribution in [0.5, 0.6) is 0 Å². The molecule has 0 unspecified atom stereocenters. The van der Waals surface area contributed by atoms with Gasteiger partial charge >= 0.3 is 0 Å². The van der Waals surface area contributed by atoms with Crippen LogP contribution in [0.3, 0.4) is 0 Å². The molecule has 0 aliphatic rings. The summed E-state index contributed by atoms with van der Waals surface area (Å²) in [6, 6.07) is 7.31. The highest BCUT2D eigenvalue weighted by Crippen LogP contribution is 2.25. The molecule has 6 heteroatoms. The van der Waals surface area contributed by atoms with Crippen molar-refractivity contribution in [3.05, 3.63) is 22.7 Å². The Morgan fingerprint density at radius 1 is 1.65 bits per heavy atom. The zero-order valence-corrected chi connectivity index (χ0v) is 11.0. The monoisotopic (exact) mass is 296 g/mol. The maximum absolute atomic E-state index is 11.4. The van der Waals surface area contributed by atoms with Gasteiger partial charge in [-0.3, -0.25) is 4.79 Å². The Morgan fingerprint density at radius 3 is 2.94 bits per heavy atom. The zero-order valence-electron chi connectivity index (χ0n) is 9.40. The molecule has 0 heterocycles. The van der Waals surface area contributed by atoms with Crippen LogP contribution in [0.25, 0.3) is 0 Å². The summed E-state index contributed by atoms with van der Waals surface area (Å²) in [5.41, 5.74) is 7.21. The van der Waals surface area contributed by atoms with Gasteiger partial charge < -0.3 is 16.0 Å². The molecule has 0 fully saturated rings. The summed E-state index contributed by atoms with van der Waals surface area (Å²) in [5, 5.41) is 10.8. The van der Waals surface area contributed by atoms with E-state index in [0.29, 0.717) is 5.69 Å². The van der Waals surface area contributed by atoms with Gasteiger partial charge in [-0.25, -0.2) is 0 Å². The quantitative estimate of drug-likeness (QED) is 0.644. The second kappa shape index (κ2) is 6.11. The summed E-state index contributed by atoms with van der Waals surface area (Å²) in [7, 11) is 1.77. The summed E-state index contributed by atoms with van der Waals surface area (Å²) in [4.78, 5) is 13.1. The van der Waals surface area contributed by atoms with E-state index >= 15 is 0 Å². The number of amides is 1. The number of nitrogens with one attached hydrogen (secondary N) is 1. The fraction of sp³-hybridized carbons (Fsp3) is 0.273. The molecule has 1 amide bonds. The van der Waals surface area contributed by atoms with E-state index in [2.05, 4.69) is 21.2 Å². The first-order valence-electron chi connectivity index (χ1n) is 4.94. The molecule has 0 atom stereocenters. The Bertz CT molecular complexity index is 455. The van der Waals surface area contributed by atoms with Crippen molar-refractivity contribution in [3.63, 3.8) is 0 Å². The summed E-state index contributed by atoms with van der Waals surface area (Å²) in [5.74, 6) is -0.212. The highest BCUT2D eigenvalue weighted by molar-refractivity contribution is 9.10. The maximum Gasteiger partial charge on any atom is 0.240 e. The van der Waals surface area contributed by atoms with Crippen LogP contribution in [0.15, 0.2) is 22.7 Å². The number of anilines is 2. The Hall–Kier alpha value is -1.74. The minimum atomic E-state index is -0.212. The Balaban J connectivity index is 2.67. The van der Waals surface area contributed by atoms with Gasteiger partial charge in [0.15, 0.2) is 0 Å². The number of carbonyl (C=O) groups excluding carboxylic acids is 1. The first-order chi connectivity index (χ1) is 8.04. The van der Waals surface area contributed by atoms with Gasteiger partial charge in [0.25, 0.3) is 0 Å². The minimum Gasteiger partial charge on any atom is -0.397 e. The lowest BCUT2D eigenvalue weighted by atomic mass is 10.2. The van der Waals surface area contributed by atoms with E-state index in [0.717, 1.165) is 10.2 Å². The molecule has 1 rings (SSSR count). The highest BCUT2D eigenvalue weighted by atomic mass is 79.9. The average Bonchev–Trinajstić information content (AvgIpc) is 2.26. The fourth-order valence-electron chi connectivity index (χ4n) is 1.37. The average molecular weight is 297 g/mol. The smallest absolute Gasteiger partial charge is 0.240 e. The number of nitrogen functional groups attached to an aromatic ring is 1. The van der Waals surface area contributed by atoms with Crippen molar-refractivity contribution in [2.24, 2.45) is 0 Å². The largest absolute Gasteiger partial charge is 0.397 e.